The van der Waals surface area contributed by atoms with E-state index in [1.807, 2.05) is 0 Å². The van der Waals surface area contributed by atoms with Crippen molar-refractivity contribution in [1.29, 1.82) is 0 Å². The van der Waals surface area contributed by atoms with E-state index in [2.05, 4.69) is 20.0 Å². The molecule has 0 saturated carbocycles. The minimum Gasteiger partial charge on any atom is -0.325 e. The van der Waals surface area contributed by atoms with Gasteiger partial charge in [-0.05, 0) is 50.2 Å². The Balaban J connectivity index is 1.45. The van der Waals surface area contributed by atoms with Crippen LogP contribution in [0.1, 0.15) is 21.9 Å². The monoisotopic (exact) mass is 501 g/mol. The zero-order valence-electron chi connectivity index (χ0n) is 18.0. The van der Waals surface area contributed by atoms with Crippen molar-refractivity contribution >= 4 is 43.4 Å². The molecule has 34 heavy (non-hydrogen) atoms. The summed E-state index contributed by atoms with van der Waals surface area (Å²) in [7, 11) is -8.07. The van der Waals surface area contributed by atoms with Gasteiger partial charge in [-0.2, -0.15) is 0 Å². The molecule has 1 aliphatic rings. The molecule has 1 aliphatic heterocycles. The Morgan fingerprint density at radius 1 is 1.03 bits per heavy atom. The molecule has 11 nitrogen and oxygen atoms in total. The molecule has 0 bridgehead atoms. The Hall–Kier alpha value is -3.84. The number of aryl methyl sites for hydroxylation is 2. The first-order valence-corrected chi connectivity index (χ1v) is 12.8. The number of nitrogens with one attached hydrogen (secondary N) is 2. The quantitative estimate of drug-likeness (QED) is 0.517. The van der Waals surface area contributed by atoms with Crippen LogP contribution in [0.3, 0.4) is 0 Å². The summed E-state index contributed by atoms with van der Waals surface area (Å²) in [5.41, 5.74) is 0.829. The van der Waals surface area contributed by atoms with E-state index in [4.69, 9.17) is 0 Å². The molecule has 4 rings (SSSR count). The maximum absolute atomic E-state index is 12.6. The van der Waals surface area contributed by atoms with Gasteiger partial charge in [-0.3, -0.25) is 14.3 Å². The second-order valence-corrected chi connectivity index (χ2v) is 10.9. The van der Waals surface area contributed by atoms with Crippen molar-refractivity contribution in [3.63, 3.8) is 0 Å². The van der Waals surface area contributed by atoms with Crippen LogP contribution in [0.5, 0.6) is 0 Å². The molecule has 3 aromatic rings. The number of carbonyl (C=O) groups is 2. The maximum Gasteiger partial charge on any atom is 0.269 e. The maximum atomic E-state index is 12.6. The van der Waals surface area contributed by atoms with Gasteiger partial charge < -0.3 is 5.32 Å². The topological polar surface area (TPSA) is 156 Å². The van der Waals surface area contributed by atoms with Crippen LogP contribution < -0.4 is 10.0 Å². The average Bonchev–Trinajstić information content (AvgIpc) is 2.94. The van der Waals surface area contributed by atoms with Gasteiger partial charge in [0.05, 0.1) is 10.5 Å². The summed E-state index contributed by atoms with van der Waals surface area (Å²) in [6.45, 7) is 2.63. The molecule has 0 spiro atoms. The highest BCUT2D eigenvalue weighted by molar-refractivity contribution is 7.92. The molecule has 0 atom stereocenters. The van der Waals surface area contributed by atoms with E-state index in [0.717, 1.165) is 0 Å². The molecule has 0 saturated heterocycles. The first kappa shape index (κ1) is 23.3. The summed E-state index contributed by atoms with van der Waals surface area (Å²) in [6, 6.07) is 12.4. The normalized spacial score (nSPS) is 14.5. The van der Waals surface area contributed by atoms with Gasteiger partial charge in [0, 0.05) is 17.4 Å². The van der Waals surface area contributed by atoms with Gasteiger partial charge in [0.15, 0.2) is 0 Å². The third-order valence-corrected chi connectivity index (χ3v) is 8.01. The molecule has 2 amide bonds. The lowest BCUT2D eigenvalue weighted by Crippen LogP contribution is -2.37. The fraction of sp³-hybridized carbons (Fsp3) is 0.143. The summed E-state index contributed by atoms with van der Waals surface area (Å²) in [5, 5.41) is 2.46. The summed E-state index contributed by atoms with van der Waals surface area (Å²) in [6.07, 6.45) is 0. The van der Waals surface area contributed by atoms with E-state index in [0.29, 0.717) is 15.8 Å². The van der Waals surface area contributed by atoms with Gasteiger partial charge in [0.2, 0.25) is 5.91 Å². The molecule has 1 aromatic heterocycles. The number of benzene rings is 2. The predicted octanol–water partition coefficient (Wildman–Crippen LogP) is 1.68. The average molecular weight is 502 g/mol. The lowest BCUT2D eigenvalue weighted by Gasteiger charge is -2.15. The van der Waals surface area contributed by atoms with Crippen molar-refractivity contribution in [2.75, 3.05) is 16.6 Å². The van der Waals surface area contributed by atoms with Crippen molar-refractivity contribution in [3.05, 3.63) is 71.7 Å². The van der Waals surface area contributed by atoms with Crippen LogP contribution in [0.25, 0.3) is 0 Å². The van der Waals surface area contributed by atoms with E-state index >= 15 is 0 Å². The molecule has 2 N–H and O–H groups in total. The second-order valence-electron chi connectivity index (χ2n) is 7.43. The zero-order valence-corrected chi connectivity index (χ0v) is 19.6. The molecule has 2 aromatic carbocycles. The van der Waals surface area contributed by atoms with Crippen molar-refractivity contribution in [1.82, 2.24) is 14.3 Å². The number of aromatic nitrogens is 2. The van der Waals surface area contributed by atoms with Gasteiger partial charge in [0.1, 0.15) is 23.1 Å². The first-order chi connectivity index (χ1) is 16.0. The fourth-order valence-electron chi connectivity index (χ4n) is 3.40. The largest absolute Gasteiger partial charge is 0.325 e. The molecule has 0 fully saturated rings. The summed E-state index contributed by atoms with van der Waals surface area (Å²) >= 11 is 0. The van der Waals surface area contributed by atoms with Crippen molar-refractivity contribution in [3.8, 4) is 0 Å². The Morgan fingerprint density at radius 2 is 1.71 bits per heavy atom. The van der Waals surface area contributed by atoms with Gasteiger partial charge in [-0.1, -0.05) is 12.1 Å². The van der Waals surface area contributed by atoms with Crippen LogP contribution in [-0.2, 0) is 24.8 Å². The number of nitrogens with zero attached hydrogens (tertiary/aromatic N) is 3. The Labute approximate surface area is 196 Å². The highest BCUT2D eigenvalue weighted by atomic mass is 32.2. The van der Waals surface area contributed by atoms with E-state index < -0.39 is 38.4 Å². The number of anilines is 2. The van der Waals surface area contributed by atoms with Crippen LogP contribution in [0.15, 0.2) is 64.4 Å². The van der Waals surface area contributed by atoms with E-state index in [1.54, 1.807) is 13.8 Å². The molecule has 176 valence electrons. The molecular weight excluding hydrogens is 482 g/mol. The van der Waals surface area contributed by atoms with Crippen LogP contribution in [0.2, 0.25) is 0 Å². The zero-order chi connectivity index (χ0) is 24.7. The highest BCUT2D eigenvalue weighted by Crippen LogP contribution is 2.29. The van der Waals surface area contributed by atoms with Crippen LogP contribution in [0, 0.1) is 13.8 Å². The third-order valence-electron chi connectivity index (χ3n) is 4.85. The Morgan fingerprint density at radius 3 is 2.35 bits per heavy atom. The number of amides is 2. The standard InChI is InChI=1S/C21H19N5O6S2/c1-13-11-19(23-14(2)22-13)25-33(29,30)16-9-7-15(8-10-16)24-20(27)12-26-21(28)17-5-3-4-6-18(17)34(26,31)32/h3-11H,12H2,1-2H3,(H,24,27)(H,22,23,25). The van der Waals surface area contributed by atoms with Gasteiger partial charge in [-0.15, -0.1) is 0 Å². The van der Waals surface area contributed by atoms with E-state index in [1.165, 1.54) is 54.6 Å². The number of fused-ring (bicyclic) bond motifs is 1. The smallest absolute Gasteiger partial charge is 0.269 e. The minimum absolute atomic E-state index is 0.00596. The Bertz CT molecular complexity index is 1500. The second kappa shape index (κ2) is 8.50. The summed E-state index contributed by atoms with van der Waals surface area (Å²) in [4.78, 5) is 32.8. The molecule has 0 unspecified atom stereocenters. The van der Waals surface area contributed by atoms with Crippen LogP contribution in [-0.4, -0.2) is 49.5 Å². The third kappa shape index (κ3) is 4.47. The van der Waals surface area contributed by atoms with Crippen LogP contribution >= 0.6 is 0 Å². The van der Waals surface area contributed by atoms with Gasteiger partial charge in [-0.25, -0.2) is 31.1 Å². The Kier molecular flexibility index (Phi) is 5.83. The SMILES string of the molecule is Cc1cc(NS(=O)(=O)c2ccc(NC(=O)CN3C(=O)c4ccccc4S3(=O)=O)cc2)nc(C)n1. The van der Waals surface area contributed by atoms with Gasteiger partial charge >= 0.3 is 0 Å². The number of hydrogen-bond acceptors (Lipinski definition) is 8. The number of sulfonamides is 2. The molecule has 13 heteroatoms. The lowest BCUT2D eigenvalue weighted by molar-refractivity contribution is -0.116. The van der Waals surface area contributed by atoms with Gasteiger partial charge in [0.25, 0.3) is 26.0 Å². The minimum atomic E-state index is -4.12. The fourth-order valence-corrected chi connectivity index (χ4v) is 5.92. The van der Waals surface area contributed by atoms with Crippen molar-refractivity contribution < 1.29 is 26.4 Å². The number of carbonyl (C=O) groups excluding carboxylic acids is 2. The molecule has 0 aliphatic carbocycles. The number of hydrogen-bond donors (Lipinski definition) is 2. The number of rotatable bonds is 6. The molecular formula is C21H19N5O6S2. The predicted molar refractivity (Wildman–Crippen MR) is 122 cm³/mol. The lowest BCUT2D eigenvalue weighted by atomic mass is 10.2. The van der Waals surface area contributed by atoms with E-state index in [9.17, 15) is 26.4 Å². The summed E-state index contributed by atoms with van der Waals surface area (Å²) < 4.78 is 53.3. The van der Waals surface area contributed by atoms with E-state index in [-0.39, 0.29) is 26.9 Å². The molecule has 0 radical (unpaired) electrons. The summed E-state index contributed by atoms with van der Waals surface area (Å²) in [5.74, 6) is -1.00. The molecule has 2 heterocycles. The van der Waals surface area contributed by atoms with Crippen LogP contribution in [0.4, 0.5) is 11.5 Å². The highest BCUT2D eigenvalue weighted by Gasteiger charge is 2.41. The van der Waals surface area contributed by atoms with Crippen molar-refractivity contribution in [2.45, 2.75) is 23.6 Å². The first-order valence-electron chi connectivity index (χ1n) is 9.88. The van der Waals surface area contributed by atoms with Crippen molar-refractivity contribution in [2.24, 2.45) is 0 Å².